The van der Waals surface area contributed by atoms with Crippen LogP contribution in [0.1, 0.15) is 45.4 Å². The van der Waals surface area contributed by atoms with Gasteiger partial charge in [0.15, 0.2) is 0 Å². The number of nitrogens with one attached hydrogen (secondary N) is 2. The van der Waals surface area contributed by atoms with Gasteiger partial charge in [-0.05, 0) is 45.4 Å². The van der Waals surface area contributed by atoms with Crippen LogP contribution < -0.4 is 10.6 Å². The third-order valence-corrected chi connectivity index (χ3v) is 3.96. The van der Waals surface area contributed by atoms with Gasteiger partial charge in [-0.1, -0.05) is 0 Å². The molecular formula is C14H26N2O3. The second-order valence-corrected chi connectivity index (χ2v) is 5.50. The third-order valence-electron chi connectivity index (χ3n) is 3.96. The Balaban J connectivity index is 1.51. The zero-order chi connectivity index (χ0) is 13.5. The van der Waals surface area contributed by atoms with E-state index >= 15 is 0 Å². The van der Waals surface area contributed by atoms with Crippen LogP contribution in [0, 0.1) is 0 Å². The first-order valence-corrected chi connectivity index (χ1v) is 7.53. The van der Waals surface area contributed by atoms with Crippen LogP contribution in [0.2, 0.25) is 0 Å². The molecule has 0 bridgehead atoms. The molecule has 19 heavy (non-hydrogen) atoms. The second-order valence-electron chi connectivity index (χ2n) is 5.50. The van der Waals surface area contributed by atoms with Gasteiger partial charge in [-0.15, -0.1) is 0 Å². The zero-order valence-corrected chi connectivity index (χ0v) is 11.8. The Labute approximate surface area is 115 Å². The zero-order valence-electron chi connectivity index (χ0n) is 11.8. The van der Waals surface area contributed by atoms with Crippen LogP contribution in [0.3, 0.4) is 0 Å². The van der Waals surface area contributed by atoms with Crippen molar-refractivity contribution in [3.8, 4) is 0 Å². The molecule has 2 rings (SSSR count). The Morgan fingerprint density at radius 2 is 2.11 bits per heavy atom. The lowest BCUT2D eigenvalue weighted by Crippen LogP contribution is -2.45. The Hall–Kier alpha value is -0.810. The van der Waals surface area contributed by atoms with Crippen molar-refractivity contribution in [1.82, 2.24) is 10.6 Å². The minimum absolute atomic E-state index is 0.0769. The van der Waals surface area contributed by atoms with Crippen molar-refractivity contribution in [2.45, 2.75) is 63.7 Å². The maximum absolute atomic E-state index is 11.7. The minimum Gasteiger partial charge on any atom is -0.378 e. The molecule has 2 heterocycles. The first-order chi connectivity index (χ1) is 9.25. The predicted molar refractivity (Wildman–Crippen MR) is 73.2 cm³/mol. The van der Waals surface area contributed by atoms with E-state index in [-0.39, 0.29) is 18.2 Å². The highest BCUT2D eigenvalue weighted by Gasteiger charge is 2.25. The standard InChI is InChI=1S/C14H26N2O3/c1-11-13(7-10-18-11)16-14(17)15-8-4-6-12-5-2-3-9-19-12/h11-13H,2-10H2,1H3,(H2,15,16,17)/t11-,12-,13-/m0/s1. The fourth-order valence-corrected chi connectivity index (χ4v) is 2.71. The Morgan fingerprint density at radius 3 is 2.79 bits per heavy atom. The van der Waals surface area contributed by atoms with Crippen LogP contribution in [0.4, 0.5) is 4.79 Å². The predicted octanol–water partition coefficient (Wildman–Crippen LogP) is 1.81. The Morgan fingerprint density at radius 1 is 1.21 bits per heavy atom. The molecule has 2 saturated heterocycles. The van der Waals surface area contributed by atoms with E-state index in [1.54, 1.807) is 0 Å². The summed E-state index contributed by atoms with van der Waals surface area (Å²) in [5.41, 5.74) is 0. The summed E-state index contributed by atoms with van der Waals surface area (Å²) in [6.07, 6.45) is 7.10. The third kappa shape index (κ3) is 4.99. The van der Waals surface area contributed by atoms with Crippen LogP contribution in [-0.4, -0.2) is 44.0 Å². The molecule has 0 saturated carbocycles. The number of hydrogen-bond acceptors (Lipinski definition) is 3. The molecule has 0 aliphatic carbocycles. The summed E-state index contributed by atoms with van der Waals surface area (Å²) in [6.45, 7) is 4.36. The highest BCUT2D eigenvalue weighted by Crippen LogP contribution is 2.16. The largest absolute Gasteiger partial charge is 0.378 e. The minimum atomic E-state index is -0.0769. The Bertz CT molecular complexity index is 280. The summed E-state index contributed by atoms with van der Waals surface area (Å²) >= 11 is 0. The highest BCUT2D eigenvalue weighted by molar-refractivity contribution is 5.74. The molecule has 110 valence electrons. The molecule has 0 aromatic carbocycles. The number of amides is 2. The number of hydrogen-bond donors (Lipinski definition) is 2. The van der Waals surface area contributed by atoms with E-state index in [2.05, 4.69) is 10.6 Å². The molecule has 2 N–H and O–H groups in total. The van der Waals surface area contributed by atoms with Crippen LogP contribution in [0.5, 0.6) is 0 Å². The maximum Gasteiger partial charge on any atom is 0.315 e. The highest BCUT2D eigenvalue weighted by atomic mass is 16.5. The van der Waals surface area contributed by atoms with Crippen molar-refractivity contribution in [1.29, 1.82) is 0 Å². The van der Waals surface area contributed by atoms with Gasteiger partial charge in [-0.2, -0.15) is 0 Å². The van der Waals surface area contributed by atoms with E-state index in [1.165, 1.54) is 19.3 Å². The van der Waals surface area contributed by atoms with Gasteiger partial charge in [-0.3, -0.25) is 0 Å². The molecule has 2 amide bonds. The molecule has 2 fully saturated rings. The molecule has 2 aliphatic rings. The molecule has 5 nitrogen and oxygen atoms in total. The van der Waals surface area contributed by atoms with E-state index in [9.17, 15) is 4.79 Å². The van der Waals surface area contributed by atoms with E-state index < -0.39 is 0 Å². The van der Waals surface area contributed by atoms with E-state index in [1.807, 2.05) is 6.92 Å². The molecule has 0 aromatic rings. The van der Waals surface area contributed by atoms with Crippen molar-refractivity contribution in [3.05, 3.63) is 0 Å². The van der Waals surface area contributed by atoms with E-state index in [0.717, 1.165) is 32.5 Å². The molecular weight excluding hydrogens is 244 g/mol. The van der Waals surface area contributed by atoms with E-state index in [4.69, 9.17) is 9.47 Å². The summed E-state index contributed by atoms with van der Waals surface area (Å²) in [6, 6.07) is 0.0774. The van der Waals surface area contributed by atoms with Gasteiger partial charge in [0.2, 0.25) is 0 Å². The van der Waals surface area contributed by atoms with Gasteiger partial charge >= 0.3 is 6.03 Å². The summed E-state index contributed by atoms with van der Waals surface area (Å²) in [7, 11) is 0. The average molecular weight is 270 g/mol. The van der Waals surface area contributed by atoms with Crippen molar-refractivity contribution in [3.63, 3.8) is 0 Å². The van der Waals surface area contributed by atoms with Gasteiger partial charge in [0, 0.05) is 19.8 Å². The lowest BCUT2D eigenvalue weighted by molar-refractivity contribution is 0.0103. The quantitative estimate of drug-likeness (QED) is 0.749. The molecule has 0 spiro atoms. The molecule has 0 aromatic heterocycles. The molecule has 2 aliphatic heterocycles. The normalized spacial score (nSPS) is 31.1. The van der Waals surface area contributed by atoms with Crippen molar-refractivity contribution in [2.75, 3.05) is 19.8 Å². The van der Waals surface area contributed by atoms with E-state index in [0.29, 0.717) is 12.6 Å². The molecule has 0 radical (unpaired) electrons. The van der Waals surface area contributed by atoms with Crippen LogP contribution in [-0.2, 0) is 9.47 Å². The van der Waals surface area contributed by atoms with Gasteiger partial charge in [0.05, 0.1) is 18.2 Å². The molecule has 5 heteroatoms. The number of carbonyl (C=O) groups excluding carboxylic acids is 1. The summed E-state index contributed by atoms with van der Waals surface area (Å²) in [5, 5.41) is 5.87. The topological polar surface area (TPSA) is 59.6 Å². The fourth-order valence-electron chi connectivity index (χ4n) is 2.71. The SMILES string of the molecule is C[C@@H]1OCC[C@@H]1NC(=O)NCCC[C@@H]1CCCCO1. The van der Waals surface area contributed by atoms with Crippen LogP contribution in [0.15, 0.2) is 0 Å². The molecule has 0 unspecified atom stereocenters. The Kier molecular flexibility index (Phi) is 5.92. The van der Waals surface area contributed by atoms with Crippen LogP contribution in [0.25, 0.3) is 0 Å². The maximum atomic E-state index is 11.7. The van der Waals surface area contributed by atoms with Crippen molar-refractivity contribution >= 4 is 6.03 Å². The number of urea groups is 1. The summed E-state index contributed by atoms with van der Waals surface area (Å²) in [4.78, 5) is 11.7. The number of ether oxygens (including phenoxy) is 2. The van der Waals surface area contributed by atoms with Gasteiger partial charge < -0.3 is 20.1 Å². The summed E-state index contributed by atoms with van der Waals surface area (Å²) in [5.74, 6) is 0. The van der Waals surface area contributed by atoms with Crippen molar-refractivity contribution in [2.24, 2.45) is 0 Å². The first-order valence-electron chi connectivity index (χ1n) is 7.53. The van der Waals surface area contributed by atoms with Crippen molar-refractivity contribution < 1.29 is 14.3 Å². The monoisotopic (exact) mass is 270 g/mol. The van der Waals surface area contributed by atoms with Gasteiger partial charge in [0.25, 0.3) is 0 Å². The second kappa shape index (κ2) is 7.70. The first kappa shape index (κ1) is 14.6. The fraction of sp³-hybridized carbons (Fsp3) is 0.929. The van der Waals surface area contributed by atoms with Gasteiger partial charge in [0.1, 0.15) is 0 Å². The lowest BCUT2D eigenvalue weighted by atomic mass is 10.0. The average Bonchev–Trinajstić information content (AvgIpc) is 2.82. The summed E-state index contributed by atoms with van der Waals surface area (Å²) < 4.78 is 11.1. The smallest absolute Gasteiger partial charge is 0.315 e. The lowest BCUT2D eigenvalue weighted by Gasteiger charge is -2.22. The molecule has 3 atom stereocenters. The number of carbonyl (C=O) groups is 1. The van der Waals surface area contributed by atoms with Crippen LogP contribution >= 0.6 is 0 Å². The number of rotatable bonds is 5. The van der Waals surface area contributed by atoms with Gasteiger partial charge in [-0.25, -0.2) is 4.79 Å².